The maximum absolute atomic E-state index is 11.0. The average Bonchev–Trinajstić information content (AvgIpc) is 2.83. The van der Waals surface area contributed by atoms with E-state index in [2.05, 4.69) is 21.2 Å². The molecule has 0 radical (unpaired) electrons. The SMILES string of the molecule is O=C(O)c1cc(Br)cc(NCC2CCCC2CO)c1. The van der Waals surface area contributed by atoms with E-state index in [4.69, 9.17) is 5.11 Å². The highest BCUT2D eigenvalue weighted by Crippen LogP contribution is 2.31. The third-order valence-corrected chi connectivity index (χ3v) is 4.22. The first-order chi connectivity index (χ1) is 9.10. The molecule has 1 aliphatic rings. The Kier molecular flexibility index (Phi) is 4.82. The number of hydrogen-bond acceptors (Lipinski definition) is 3. The molecular formula is C14H18BrNO3. The highest BCUT2D eigenvalue weighted by molar-refractivity contribution is 9.10. The molecule has 1 fully saturated rings. The molecule has 1 aromatic carbocycles. The Hall–Kier alpha value is -1.07. The van der Waals surface area contributed by atoms with Gasteiger partial charge in [0.1, 0.15) is 0 Å². The van der Waals surface area contributed by atoms with Gasteiger partial charge in [0.25, 0.3) is 0 Å². The molecule has 0 aliphatic heterocycles. The fourth-order valence-electron chi connectivity index (χ4n) is 2.69. The van der Waals surface area contributed by atoms with Crippen molar-refractivity contribution in [2.24, 2.45) is 11.8 Å². The molecule has 1 aliphatic carbocycles. The van der Waals surface area contributed by atoms with E-state index in [0.29, 0.717) is 11.8 Å². The van der Waals surface area contributed by atoms with E-state index < -0.39 is 5.97 Å². The molecule has 2 unspecified atom stereocenters. The van der Waals surface area contributed by atoms with Gasteiger partial charge in [-0.25, -0.2) is 4.79 Å². The second-order valence-electron chi connectivity index (χ2n) is 5.05. The van der Waals surface area contributed by atoms with Gasteiger partial charge < -0.3 is 15.5 Å². The molecule has 3 N–H and O–H groups in total. The molecule has 0 aromatic heterocycles. The minimum Gasteiger partial charge on any atom is -0.478 e. The summed E-state index contributed by atoms with van der Waals surface area (Å²) in [5.41, 5.74) is 1.07. The normalized spacial score (nSPS) is 22.4. The van der Waals surface area contributed by atoms with Gasteiger partial charge in [0.2, 0.25) is 0 Å². The summed E-state index contributed by atoms with van der Waals surface area (Å²) in [4.78, 5) is 11.0. The lowest BCUT2D eigenvalue weighted by atomic mass is 9.97. The number of nitrogens with one attached hydrogen (secondary N) is 1. The van der Waals surface area contributed by atoms with Crippen molar-refractivity contribution in [1.82, 2.24) is 0 Å². The molecule has 1 aromatic rings. The van der Waals surface area contributed by atoms with E-state index in [1.165, 1.54) is 0 Å². The van der Waals surface area contributed by atoms with Gasteiger partial charge in [-0.2, -0.15) is 0 Å². The van der Waals surface area contributed by atoms with Crippen molar-refractivity contribution in [2.45, 2.75) is 19.3 Å². The smallest absolute Gasteiger partial charge is 0.335 e. The molecule has 104 valence electrons. The van der Waals surface area contributed by atoms with Crippen molar-refractivity contribution in [1.29, 1.82) is 0 Å². The fraction of sp³-hybridized carbons (Fsp3) is 0.500. The predicted molar refractivity (Wildman–Crippen MR) is 77.5 cm³/mol. The number of aromatic carboxylic acids is 1. The van der Waals surface area contributed by atoms with Crippen LogP contribution in [0.4, 0.5) is 5.69 Å². The average molecular weight is 328 g/mol. The predicted octanol–water partition coefficient (Wildman–Crippen LogP) is 2.97. The van der Waals surface area contributed by atoms with Gasteiger partial charge >= 0.3 is 5.97 Å². The van der Waals surface area contributed by atoms with Gasteiger partial charge in [-0.1, -0.05) is 22.4 Å². The Bertz CT molecular complexity index is 464. The van der Waals surface area contributed by atoms with Crippen LogP contribution in [0.1, 0.15) is 29.6 Å². The first-order valence-electron chi connectivity index (χ1n) is 6.48. The summed E-state index contributed by atoms with van der Waals surface area (Å²) in [5.74, 6) is -0.0886. The molecule has 2 rings (SSSR count). The Balaban J connectivity index is 2.01. The molecule has 0 heterocycles. The molecule has 1 saturated carbocycles. The van der Waals surface area contributed by atoms with E-state index in [-0.39, 0.29) is 12.2 Å². The van der Waals surface area contributed by atoms with Crippen molar-refractivity contribution in [2.75, 3.05) is 18.5 Å². The van der Waals surface area contributed by atoms with Gasteiger partial charge in [-0.15, -0.1) is 0 Å². The van der Waals surface area contributed by atoms with E-state index in [9.17, 15) is 9.90 Å². The number of aliphatic hydroxyl groups excluding tert-OH is 1. The molecule has 0 spiro atoms. The summed E-state index contributed by atoms with van der Waals surface area (Å²) in [5, 5.41) is 21.6. The number of hydrogen-bond donors (Lipinski definition) is 3. The van der Waals surface area contributed by atoms with Crippen LogP contribution in [0.15, 0.2) is 22.7 Å². The second-order valence-corrected chi connectivity index (χ2v) is 5.96. The molecule has 0 amide bonds. The maximum atomic E-state index is 11.0. The summed E-state index contributed by atoms with van der Waals surface area (Å²) >= 11 is 3.32. The number of anilines is 1. The molecule has 19 heavy (non-hydrogen) atoms. The topological polar surface area (TPSA) is 69.6 Å². The van der Waals surface area contributed by atoms with Gasteiger partial charge in [0, 0.05) is 23.3 Å². The van der Waals surface area contributed by atoms with Crippen molar-refractivity contribution in [3.8, 4) is 0 Å². The molecule has 0 saturated heterocycles. The van der Waals surface area contributed by atoms with Crippen LogP contribution in [0.25, 0.3) is 0 Å². The molecule has 2 atom stereocenters. The summed E-state index contributed by atoms with van der Waals surface area (Å²) in [6, 6.07) is 5.09. The van der Waals surface area contributed by atoms with E-state index in [1.54, 1.807) is 12.1 Å². The van der Waals surface area contributed by atoms with Gasteiger partial charge in [-0.05, 0) is 42.9 Å². The van der Waals surface area contributed by atoms with Crippen molar-refractivity contribution in [3.63, 3.8) is 0 Å². The van der Waals surface area contributed by atoms with Crippen LogP contribution in [-0.2, 0) is 0 Å². The summed E-state index contributed by atoms with van der Waals surface area (Å²) in [6.07, 6.45) is 3.37. The summed E-state index contributed by atoms with van der Waals surface area (Å²) in [7, 11) is 0. The number of benzene rings is 1. The Morgan fingerprint density at radius 1 is 1.32 bits per heavy atom. The Morgan fingerprint density at radius 2 is 2.05 bits per heavy atom. The molecule has 0 bridgehead atoms. The third kappa shape index (κ3) is 3.70. The van der Waals surface area contributed by atoms with Crippen molar-refractivity contribution < 1.29 is 15.0 Å². The number of carboxylic acids is 1. The third-order valence-electron chi connectivity index (χ3n) is 3.76. The number of carboxylic acid groups (broad SMARTS) is 1. The Morgan fingerprint density at radius 3 is 2.74 bits per heavy atom. The zero-order valence-electron chi connectivity index (χ0n) is 10.6. The zero-order valence-corrected chi connectivity index (χ0v) is 12.2. The first kappa shape index (κ1) is 14.3. The largest absolute Gasteiger partial charge is 0.478 e. The van der Waals surface area contributed by atoms with Gasteiger partial charge in [0.15, 0.2) is 0 Å². The van der Waals surface area contributed by atoms with Crippen LogP contribution in [0.5, 0.6) is 0 Å². The van der Waals surface area contributed by atoms with Crippen molar-refractivity contribution in [3.05, 3.63) is 28.2 Å². The van der Waals surface area contributed by atoms with Crippen molar-refractivity contribution >= 4 is 27.6 Å². The monoisotopic (exact) mass is 327 g/mol. The number of carbonyl (C=O) groups is 1. The van der Waals surface area contributed by atoms with Crippen LogP contribution >= 0.6 is 15.9 Å². The quantitative estimate of drug-likeness (QED) is 0.777. The maximum Gasteiger partial charge on any atom is 0.335 e. The lowest BCUT2D eigenvalue weighted by Gasteiger charge is -2.18. The first-order valence-corrected chi connectivity index (χ1v) is 7.28. The second kappa shape index (κ2) is 6.39. The highest BCUT2D eigenvalue weighted by Gasteiger charge is 2.26. The highest BCUT2D eigenvalue weighted by atomic mass is 79.9. The fourth-order valence-corrected chi connectivity index (χ4v) is 3.18. The minimum atomic E-state index is -0.932. The van der Waals surface area contributed by atoms with Crippen LogP contribution in [0.3, 0.4) is 0 Å². The molecule has 4 nitrogen and oxygen atoms in total. The number of rotatable bonds is 5. The standard InChI is InChI=1S/C14H18BrNO3/c15-12-4-11(14(18)19)5-13(6-12)16-7-9-2-1-3-10(9)8-17/h4-6,9-10,16-17H,1-3,7-8H2,(H,18,19). The van der Waals surface area contributed by atoms with E-state index >= 15 is 0 Å². The Labute approximate surface area is 121 Å². The summed E-state index contributed by atoms with van der Waals surface area (Å²) < 4.78 is 0.750. The number of halogens is 1. The van der Waals surface area contributed by atoms with Crippen LogP contribution < -0.4 is 5.32 Å². The zero-order chi connectivity index (χ0) is 13.8. The lowest BCUT2D eigenvalue weighted by molar-refractivity contribution is 0.0697. The van der Waals surface area contributed by atoms with E-state index in [0.717, 1.165) is 36.0 Å². The molecule has 5 heteroatoms. The summed E-state index contributed by atoms with van der Waals surface area (Å²) in [6.45, 7) is 1.02. The number of aliphatic hydroxyl groups is 1. The minimum absolute atomic E-state index is 0.241. The molecular weight excluding hydrogens is 310 g/mol. The van der Waals surface area contributed by atoms with Crippen LogP contribution in [-0.4, -0.2) is 29.3 Å². The van der Waals surface area contributed by atoms with Gasteiger partial charge in [0.05, 0.1) is 5.56 Å². The van der Waals surface area contributed by atoms with E-state index in [1.807, 2.05) is 6.07 Å². The van der Waals surface area contributed by atoms with Crippen LogP contribution in [0, 0.1) is 11.8 Å². The van der Waals surface area contributed by atoms with Gasteiger partial charge in [-0.3, -0.25) is 0 Å². The van der Waals surface area contributed by atoms with Crippen LogP contribution in [0.2, 0.25) is 0 Å². The lowest BCUT2D eigenvalue weighted by Crippen LogP contribution is -2.20.